The number of amides is 1. The monoisotopic (exact) mass is 443 g/mol. The Hall–Kier alpha value is -3.08. The van der Waals surface area contributed by atoms with Gasteiger partial charge in [-0.3, -0.25) is 9.59 Å². The van der Waals surface area contributed by atoms with Crippen molar-refractivity contribution < 1.29 is 22.7 Å². The van der Waals surface area contributed by atoms with Crippen LogP contribution in [0.4, 0.5) is 18.9 Å². The molecule has 3 N–H and O–H groups in total. The highest BCUT2D eigenvalue weighted by atomic mass is 35.5. The summed E-state index contributed by atoms with van der Waals surface area (Å²) in [5.74, 6) is -0.593. The van der Waals surface area contributed by atoms with E-state index in [2.05, 4.69) is 20.0 Å². The Labute approximate surface area is 173 Å². The molecule has 0 saturated carbocycles. The van der Waals surface area contributed by atoms with Crippen LogP contribution in [0.15, 0.2) is 40.4 Å². The number of nitrogens with two attached hydrogens (primary N) is 1. The highest BCUT2D eigenvalue weighted by molar-refractivity contribution is 6.30. The fourth-order valence-electron chi connectivity index (χ4n) is 3.09. The van der Waals surface area contributed by atoms with Crippen LogP contribution in [0.3, 0.4) is 0 Å². The van der Waals surface area contributed by atoms with Crippen LogP contribution in [0, 0.1) is 0 Å². The van der Waals surface area contributed by atoms with E-state index in [1.807, 2.05) is 0 Å². The summed E-state index contributed by atoms with van der Waals surface area (Å²) in [5.41, 5.74) is 3.41. The topological polar surface area (TPSA) is 112 Å². The van der Waals surface area contributed by atoms with E-state index in [4.69, 9.17) is 17.3 Å². The molecule has 1 aliphatic heterocycles. The van der Waals surface area contributed by atoms with Crippen LogP contribution in [-0.4, -0.2) is 33.8 Å². The molecule has 0 fully saturated rings. The number of pyridine rings is 2. The summed E-state index contributed by atoms with van der Waals surface area (Å²) in [6.45, 7) is 1.35. The fourth-order valence-corrected chi connectivity index (χ4v) is 3.20. The minimum Gasteiger partial charge on any atom is -0.452 e. The van der Waals surface area contributed by atoms with Gasteiger partial charge in [0.2, 0.25) is 0 Å². The van der Waals surface area contributed by atoms with Gasteiger partial charge in [0.1, 0.15) is 5.69 Å². The number of ether oxygens (including phenoxy) is 1. The number of halogens is 4. The summed E-state index contributed by atoms with van der Waals surface area (Å²) in [6.07, 6.45) is -4.94. The van der Waals surface area contributed by atoms with Crippen molar-refractivity contribution in [3.63, 3.8) is 0 Å². The highest BCUT2D eigenvalue weighted by Crippen LogP contribution is 2.39. The molecule has 0 spiro atoms. The van der Waals surface area contributed by atoms with Crippen LogP contribution in [0.25, 0.3) is 0 Å². The van der Waals surface area contributed by atoms with Gasteiger partial charge in [-0.05, 0) is 25.1 Å². The molecule has 1 aliphatic rings. The van der Waals surface area contributed by atoms with Gasteiger partial charge >= 0.3 is 6.18 Å². The smallest absolute Gasteiger partial charge is 0.425 e. The van der Waals surface area contributed by atoms with Gasteiger partial charge in [0, 0.05) is 31.4 Å². The van der Waals surface area contributed by atoms with Crippen LogP contribution in [0.2, 0.25) is 5.02 Å². The van der Waals surface area contributed by atoms with Gasteiger partial charge in [-0.2, -0.15) is 13.2 Å². The maximum atomic E-state index is 13.2. The largest absolute Gasteiger partial charge is 0.452 e. The van der Waals surface area contributed by atoms with Gasteiger partial charge < -0.3 is 20.4 Å². The van der Waals surface area contributed by atoms with Crippen molar-refractivity contribution in [2.75, 3.05) is 5.32 Å². The Morgan fingerprint density at radius 2 is 2.13 bits per heavy atom. The minimum absolute atomic E-state index is 0.0616. The predicted octanol–water partition coefficient (Wildman–Crippen LogP) is 2.57. The lowest BCUT2D eigenvalue weighted by Gasteiger charge is -2.35. The maximum absolute atomic E-state index is 13.2. The van der Waals surface area contributed by atoms with E-state index in [1.165, 1.54) is 44.6 Å². The van der Waals surface area contributed by atoms with E-state index >= 15 is 0 Å². The third kappa shape index (κ3) is 4.40. The molecule has 12 heteroatoms. The first kappa shape index (κ1) is 21.6. The fraction of sp³-hybridized carbons (Fsp3) is 0.333. The lowest BCUT2D eigenvalue weighted by molar-refractivity contribution is -0.208. The number of anilines is 1. The van der Waals surface area contributed by atoms with Crippen molar-refractivity contribution in [2.24, 2.45) is 17.8 Å². The molecule has 0 bridgehead atoms. The van der Waals surface area contributed by atoms with Crippen molar-refractivity contribution in [1.29, 1.82) is 0 Å². The zero-order valence-corrected chi connectivity index (χ0v) is 16.6. The Bertz CT molecular complexity index is 1070. The summed E-state index contributed by atoms with van der Waals surface area (Å²) in [7, 11) is 1.40. The molecule has 30 heavy (non-hydrogen) atoms. The second kappa shape index (κ2) is 7.63. The number of aryl methyl sites for hydroxylation is 1. The number of nitrogens with one attached hydrogen (secondary N) is 1. The van der Waals surface area contributed by atoms with Crippen molar-refractivity contribution >= 4 is 29.2 Å². The number of carbonyl (C=O) groups is 1. The summed E-state index contributed by atoms with van der Waals surface area (Å²) in [5, 5.41) is 2.90. The number of alkyl halides is 3. The Morgan fingerprint density at radius 1 is 1.43 bits per heavy atom. The normalized spacial score (nSPS) is 21.5. The molecular weight excluding hydrogens is 427 g/mol. The van der Waals surface area contributed by atoms with E-state index in [9.17, 15) is 22.8 Å². The van der Waals surface area contributed by atoms with Gasteiger partial charge in [0.15, 0.2) is 6.10 Å². The van der Waals surface area contributed by atoms with E-state index in [-0.39, 0.29) is 16.9 Å². The molecule has 160 valence electrons. The van der Waals surface area contributed by atoms with Gasteiger partial charge in [-0.25, -0.2) is 9.98 Å². The molecular formula is C18H17ClF3N5O3. The second-order valence-electron chi connectivity index (χ2n) is 6.95. The van der Waals surface area contributed by atoms with E-state index in [0.717, 1.165) is 4.57 Å². The summed E-state index contributed by atoms with van der Waals surface area (Å²) < 4.78 is 45.4. The van der Waals surface area contributed by atoms with Crippen molar-refractivity contribution in [1.82, 2.24) is 9.55 Å². The van der Waals surface area contributed by atoms with E-state index in [1.54, 1.807) is 0 Å². The van der Waals surface area contributed by atoms with Crippen molar-refractivity contribution in [3.8, 4) is 0 Å². The zero-order valence-electron chi connectivity index (χ0n) is 15.8. The first-order chi connectivity index (χ1) is 13.9. The standard InChI is InChI=1S/C18H17ClF3N5O3/c1-17(6-13(18(20,21)22)30-16(23)26-17)11-5-10(8-27(2)15(11)29)25-14(28)12-4-3-9(19)7-24-12/h3-5,7-8,13H,6H2,1-2H3,(H2,23,26)(H,25,28). The highest BCUT2D eigenvalue weighted by Gasteiger charge is 2.50. The predicted molar refractivity (Wildman–Crippen MR) is 103 cm³/mol. The molecule has 1 amide bonds. The van der Waals surface area contributed by atoms with Crippen LogP contribution in [-0.2, 0) is 17.3 Å². The molecule has 0 aromatic carbocycles. The number of hydrogen-bond acceptors (Lipinski definition) is 6. The lowest BCUT2D eigenvalue weighted by atomic mass is 9.86. The average molecular weight is 444 g/mol. The molecule has 2 aromatic heterocycles. The molecule has 0 aliphatic carbocycles. The molecule has 0 radical (unpaired) electrons. The molecule has 2 atom stereocenters. The van der Waals surface area contributed by atoms with E-state index in [0.29, 0.717) is 5.02 Å². The third-order valence-electron chi connectivity index (χ3n) is 4.55. The van der Waals surface area contributed by atoms with Gasteiger partial charge in [-0.1, -0.05) is 11.6 Å². The van der Waals surface area contributed by atoms with E-state index < -0.39 is 41.7 Å². The van der Waals surface area contributed by atoms with Crippen LogP contribution in [0.1, 0.15) is 29.4 Å². The molecule has 3 rings (SSSR count). The van der Waals surface area contributed by atoms with Gasteiger partial charge in [0.05, 0.1) is 16.2 Å². The molecule has 2 aromatic rings. The summed E-state index contributed by atoms with van der Waals surface area (Å²) in [6, 6.07) is 3.48. The van der Waals surface area contributed by atoms with Crippen LogP contribution >= 0.6 is 11.6 Å². The number of nitrogens with zero attached hydrogens (tertiary/aromatic N) is 3. The summed E-state index contributed by atoms with van der Waals surface area (Å²) >= 11 is 5.75. The molecule has 0 saturated heterocycles. The van der Waals surface area contributed by atoms with Gasteiger partial charge in [0.25, 0.3) is 17.5 Å². The number of aliphatic imine (C=N–C) groups is 1. The molecule has 3 heterocycles. The Morgan fingerprint density at radius 3 is 2.73 bits per heavy atom. The maximum Gasteiger partial charge on any atom is 0.425 e. The van der Waals surface area contributed by atoms with Crippen molar-refractivity contribution in [3.05, 3.63) is 57.2 Å². The first-order valence-corrected chi connectivity index (χ1v) is 8.99. The molecule has 2 unspecified atom stereocenters. The van der Waals surface area contributed by atoms with Crippen molar-refractivity contribution in [2.45, 2.75) is 31.2 Å². The number of amidine groups is 1. The number of rotatable bonds is 3. The van der Waals surface area contributed by atoms with Gasteiger partial charge in [-0.15, -0.1) is 0 Å². The zero-order chi connectivity index (χ0) is 22.3. The summed E-state index contributed by atoms with van der Waals surface area (Å²) in [4.78, 5) is 32.9. The third-order valence-corrected chi connectivity index (χ3v) is 4.77. The quantitative estimate of drug-likeness (QED) is 0.757. The lowest BCUT2D eigenvalue weighted by Crippen LogP contribution is -2.47. The minimum atomic E-state index is -4.70. The Kier molecular flexibility index (Phi) is 5.50. The van der Waals surface area contributed by atoms with Crippen LogP contribution in [0.5, 0.6) is 0 Å². The SMILES string of the molecule is Cn1cc(NC(=O)c2ccc(Cl)cn2)cc(C2(C)CC(C(F)(F)F)OC(N)=N2)c1=O. The number of aromatic nitrogens is 2. The Balaban J connectivity index is 1.99. The molecule has 8 nitrogen and oxygen atoms in total. The number of carbonyl (C=O) groups excluding carboxylic acids is 1. The average Bonchev–Trinajstić information content (AvgIpc) is 2.63. The van der Waals surface area contributed by atoms with Crippen LogP contribution < -0.4 is 16.6 Å². The first-order valence-electron chi connectivity index (χ1n) is 8.62. The number of hydrogen-bond donors (Lipinski definition) is 2. The second-order valence-corrected chi connectivity index (χ2v) is 7.39.